The van der Waals surface area contributed by atoms with Gasteiger partial charge in [-0.15, -0.1) is 4.98 Å². The quantitative estimate of drug-likeness (QED) is 0.858. The largest absolute Gasteiger partial charge is 0.467 e. The first kappa shape index (κ1) is 15.3. The number of hydrogen-bond donors (Lipinski definition) is 1. The average molecular weight is 303 g/mol. The van der Waals surface area contributed by atoms with Gasteiger partial charge in [-0.05, 0) is 35.9 Å². The van der Waals surface area contributed by atoms with E-state index >= 15 is 0 Å². The summed E-state index contributed by atoms with van der Waals surface area (Å²) >= 11 is 11.0. The number of methoxy groups -OCH3 is 2. The molecule has 0 fully saturated rings. The van der Waals surface area contributed by atoms with Gasteiger partial charge in [0.05, 0.1) is 14.2 Å². The second-order valence-electron chi connectivity index (χ2n) is 3.13. The van der Waals surface area contributed by atoms with Crippen LogP contribution in [-0.4, -0.2) is 29.2 Å². The van der Waals surface area contributed by atoms with E-state index in [0.717, 1.165) is 10.7 Å². The van der Waals surface area contributed by atoms with Crippen LogP contribution in [-0.2, 0) is 0 Å². The van der Waals surface area contributed by atoms with Crippen LogP contribution in [0.4, 0.5) is 5.69 Å². The van der Waals surface area contributed by atoms with Gasteiger partial charge in [0.25, 0.3) is 0 Å². The van der Waals surface area contributed by atoms with Gasteiger partial charge in [0.1, 0.15) is 0 Å². The highest BCUT2D eigenvalue weighted by Crippen LogP contribution is 2.11. The number of ether oxygens (including phenoxy) is 2. The van der Waals surface area contributed by atoms with Gasteiger partial charge >= 0.3 is 12.0 Å². The van der Waals surface area contributed by atoms with Crippen molar-refractivity contribution in [3.63, 3.8) is 0 Å². The lowest BCUT2D eigenvalue weighted by molar-refractivity contribution is 0.340. The fourth-order valence-corrected chi connectivity index (χ4v) is 1.23. The fraction of sp³-hybridized carbons (Fsp3) is 0.182. The maximum Gasteiger partial charge on any atom is 0.323 e. The number of nitrogens with zero attached hydrogens (tertiary/aromatic N) is 3. The second kappa shape index (κ2) is 7.60. The van der Waals surface area contributed by atoms with Crippen LogP contribution in [0, 0.1) is 0 Å². The lowest BCUT2D eigenvalue weighted by Gasteiger charge is -1.99. The van der Waals surface area contributed by atoms with Gasteiger partial charge < -0.3 is 15.2 Å². The Morgan fingerprint density at radius 3 is 1.74 bits per heavy atom. The summed E-state index contributed by atoms with van der Waals surface area (Å²) in [6.07, 6.45) is 0. The zero-order valence-corrected chi connectivity index (χ0v) is 11.8. The third-order valence-electron chi connectivity index (χ3n) is 1.80. The molecule has 6 nitrogen and oxygen atoms in total. The summed E-state index contributed by atoms with van der Waals surface area (Å²) in [6, 6.07) is 7.34. The van der Waals surface area contributed by atoms with Crippen molar-refractivity contribution in [1.29, 1.82) is 0 Å². The van der Waals surface area contributed by atoms with Crippen LogP contribution in [0.3, 0.4) is 0 Å². The predicted molar refractivity (Wildman–Crippen MR) is 73.8 cm³/mol. The summed E-state index contributed by atoms with van der Waals surface area (Å²) in [4.78, 5) is 11.0. The third kappa shape index (κ3) is 5.58. The molecule has 1 heterocycles. The number of halogens is 2. The van der Waals surface area contributed by atoms with Crippen molar-refractivity contribution < 1.29 is 9.47 Å². The van der Waals surface area contributed by atoms with Crippen molar-refractivity contribution in [2.45, 2.75) is 0 Å². The van der Waals surface area contributed by atoms with Crippen molar-refractivity contribution in [3.8, 4) is 12.0 Å². The summed E-state index contributed by atoms with van der Waals surface area (Å²) in [5.74, 6) is 0. The van der Waals surface area contributed by atoms with Crippen LogP contribution in [0.5, 0.6) is 12.0 Å². The molecule has 1 aromatic heterocycles. The summed E-state index contributed by atoms with van der Waals surface area (Å²) in [5, 5.41) is 0.771. The van der Waals surface area contributed by atoms with Crippen molar-refractivity contribution >= 4 is 28.9 Å². The van der Waals surface area contributed by atoms with Crippen LogP contribution >= 0.6 is 23.2 Å². The normalized spacial score (nSPS) is 9.26. The van der Waals surface area contributed by atoms with E-state index in [2.05, 4.69) is 15.0 Å². The first-order valence-electron chi connectivity index (χ1n) is 5.05. The number of rotatable bonds is 2. The maximum absolute atomic E-state index is 5.56. The number of nitrogens with two attached hydrogens (primary N) is 1. The van der Waals surface area contributed by atoms with Crippen molar-refractivity contribution in [1.82, 2.24) is 15.0 Å². The molecule has 0 atom stereocenters. The van der Waals surface area contributed by atoms with E-state index in [1.807, 2.05) is 0 Å². The molecule has 2 aromatic rings. The number of hydrogen-bond acceptors (Lipinski definition) is 6. The van der Waals surface area contributed by atoms with Gasteiger partial charge in [-0.3, -0.25) is 0 Å². The Hall–Kier alpha value is -1.79. The van der Waals surface area contributed by atoms with Crippen molar-refractivity contribution in [3.05, 3.63) is 34.6 Å². The van der Waals surface area contributed by atoms with Crippen LogP contribution in [0.15, 0.2) is 24.3 Å². The van der Waals surface area contributed by atoms with E-state index in [4.69, 9.17) is 38.4 Å². The molecule has 0 aliphatic rings. The molecule has 8 heteroatoms. The molecule has 0 saturated heterocycles. The molecule has 0 aliphatic carbocycles. The number of aromatic nitrogens is 3. The lowest BCUT2D eigenvalue weighted by atomic mass is 10.3. The average Bonchev–Trinajstić information content (AvgIpc) is 2.42. The van der Waals surface area contributed by atoms with Gasteiger partial charge in [0.2, 0.25) is 5.28 Å². The zero-order chi connectivity index (χ0) is 14.3. The van der Waals surface area contributed by atoms with E-state index in [1.165, 1.54) is 14.2 Å². The molecule has 19 heavy (non-hydrogen) atoms. The van der Waals surface area contributed by atoms with Gasteiger partial charge in [0, 0.05) is 10.7 Å². The summed E-state index contributed by atoms with van der Waals surface area (Å²) in [7, 11) is 2.87. The molecule has 0 unspecified atom stereocenters. The Morgan fingerprint density at radius 2 is 1.37 bits per heavy atom. The topological polar surface area (TPSA) is 83.2 Å². The Kier molecular flexibility index (Phi) is 6.11. The minimum absolute atomic E-state index is 0.0497. The highest BCUT2D eigenvalue weighted by Gasteiger charge is 2.03. The molecule has 0 aliphatic heterocycles. The van der Waals surface area contributed by atoms with Gasteiger partial charge in [-0.25, -0.2) is 0 Å². The van der Waals surface area contributed by atoms with E-state index in [0.29, 0.717) is 0 Å². The first-order valence-corrected chi connectivity index (χ1v) is 5.81. The van der Waals surface area contributed by atoms with E-state index in [-0.39, 0.29) is 17.3 Å². The number of nitrogen functional groups attached to an aromatic ring is 1. The van der Waals surface area contributed by atoms with E-state index in [1.54, 1.807) is 24.3 Å². The van der Waals surface area contributed by atoms with E-state index < -0.39 is 0 Å². The summed E-state index contributed by atoms with van der Waals surface area (Å²) in [6.45, 7) is 0. The highest BCUT2D eigenvalue weighted by molar-refractivity contribution is 6.30. The van der Waals surface area contributed by atoms with E-state index in [9.17, 15) is 0 Å². The second-order valence-corrected chi connectivity index (χ2v) is 3.90. The van der Waals surface area contributed by atoms with Crippen molar-refractivity contribution in [2.24, 2.45) is 0 Å². The Bertz CT molecular complexity index is 479. The molecule has 2 rings (SSSR count). The molecular formula is C11H12Cl2N4O2. The molecule has 0 amide bonds. The molecule has 0 bridgehead atoms. The molecule has 0 spiro atoms. The first-order chi connectivity index (χ1) is 9.05. The molecule has 1 aromatic carbocycles. The standard InChI is InChI=1S/C6H6ClN.C5H6ClN3O2/c7-5-1-3-6(8)4-2-5;1-10-4-7-3(6)8-5(9-4)11-2/h1-4H,8H2;1-2H3. The highest BCUT2D eigenvalue weighted by atomic mass is 35.5. The van der Waals surface area contributed by atoms with Crippen LogP contribution in [0.1, 0.15) is 0 Å². The summed E-state index contributed by atoms with van der Waals surface area (Å²) in [5.41, 5.74) is 6.11. The third-order valence-corrected chi connectivity index (χ3v) is 2.22. The number of anilines is 1. The van der Waals surface area contributed by atoms with Crippen LogP contribution in [0.25, 0.3) is 0 Å². The van der Waals surface area contributed by atoms with Crippen LogP contribution < -0.4 is 15.2 Å². The maximum atomic E-state index is 5.56. The summed E-state index contributed by atoms with van der Waals surface area (Å²) < 4.78 is 9.42. The molecular weight excluding hydrogens is 291 g/mol. The smallest absolute Gasteiger partial charge is 0.323 e. The lowest BCUT2D eigenvalue weighted by Crippen LogP contribution is -1.98. The fourth-order valence-electron chi connectivity index (χ4n) is 0.960. The van der Waals surface area contributed by atoms with Crippen LogP contribution in [0.2, 0.25) is 10.3 Å². The molecule has 102 valence electrons. The van der Waals surface area contributed by atoms with Gasteiger partial charge in [-0.2, -0.15) is 9.97 Å². The SMILES string of the molecule is COc1nc(Cl)nc(OC)n1.Nc1ccc(Cl)cc1. The minimum Gasteiger partial charge on any atom is -0.467 e. The van der Waals surface area contributed by atoms with Crippen molar-refractivity contribution in [2.75, 3.05) is 20.0 Å². The zero-order valence-electron chi connectivity index (χ0n) is 10.3. The minimum atomic E-state index is 0.0497. The Labute approximate surface area is 120 Å². The monoisotopic (exact) mass is 302 g/mol. The molecule has 0 radical (unpaired) electrons. The Morgan fingerprint density at radius 1 is 0.895 bits per heavy atom. The number of benzene rings is 1. The molecule has 2 N–H and O–H groups in total. The molecule has 0 saturated carbocycles. The predicted octanol–water partition coefficient (Wildman–Crippen LogP) is 2.46. The Balaban J connectivity index is 0.000000200. The van der Waals surface area contributed by atoms with Gasteiger partial charge in [-0.1, -0.05) is 11.6 Å². The van der Waals surface area contributed by atoms with Gasteiger partial charge in [0.15, 0.2) is 0 Å².